The van der Waals surface area contributed by atoms with Crippen LogP contribution in [0.25, 0.3) is 0 Å². The third-order valence-electron chi connectivity index (χ3n) is 4.92. The number of rotatable bonds is 10. The van der Waals surface area contributed by atoms with E-state index in [0.29, 0.717) is 6.42 Å². The standard InChI is InChI=1S/C23H27N3O3S/c24-21(18-11-5-2-6-12-18)22(26-23(28)29-16-19-14-15-25-30-19)20(27)13-7-10-17-8-3-1-4-9-17/h1-6,8-9,11-12,14-15,20-22,27H,7,10,13,16,24H2,(H,26,28). The molecule has 0 spiro atoms. The van der Waals surface area contributed by atoms with Gasteiger partial charge >= 0.3 is 6.09 Å². The van der Waals surface area contributed by atoms with Gasteiger partial charge < -0.3 is 20.9 Å². The molecule has 0 radical (unpaired) electrons. The van der Waals surface area contributed by atoms with E-state index in [-0.39, 0.29) is 6.61 Å². The molecule has 0 bridgehead atoms. The molecule has 30 heavy (non-hydrogen) atoms. The van der Waals surface area contributed by atoms with Crippen LogP contribution in [0.3, 0.4) is 0 Å². The van der Waals surface area contributed by atoms with Crippen molar-refractivity contribution in [1.29, 1.82) is 0 Å². The van der Waals surface area contributed by atoms with Crippen molar-refractivity contribution in [3.63, 3.8) is 0 Å². The molecular weight excluding hydrogens is 398 g/mol. The summed E-state index contributed by atoms with van der Waals surface area (Å²) in [6.45, 7) is 0.133. The summed E-state index contributed by atoms with van der Waals surface area (Å²) in [4.78, 5) is 13.2. The molecule has 3 rings (SSSR count). The molecule has 3 unspecified atom stereocenters. The van der Waals surface area contributed by atoms with Crippen LogP contribution < -0.4 is 11.1 Å². The third kappa shape index (κ3) is 6.66. The van der Waals surface area contributed by atoms with E-state index < -0.39 is 24.3 Å². The van der Waals surface area contributed by atoms with Gasteiger partial charge in [0.25, 0.3) is 0 Å². The van der Waals surface area contributed by atoms with E-state index in [0.717, 1.165) is 23.3 Å². The van der Waals surface area contributed by atoms with Gasteiger partial charge in [0.1, 0.15) is 6.61 Å². The van der Waals surface area contributed by atoms with Gasteiger partial charge in [-0.1, -0.05) is 60.7 Å². The van der Waals surface area contributed by atoms with Crippen LogP contribution >= 0.6 is 11.5 Å². The van der Waals surface area contributed by atoms with Crippen LogP contribution in [0.15, 0.2) is 72.9 Å². The lowest BCUT2D eigenvalue weighted by molar-refractivity contribution is 0.0868. The van der Waals surface area contributed by atoms with Crippen molar-refractivity contribution in [2.45, 2.75) is 44.1 Å². The van der Waals surface area contributed by atoms with Gasteiger partial charge in [-0.05, 0) is 48.0 Å². The molecule has 3 atom stereocenters. The smallest absolute Gasteiger partial charge is 0.407 e. The third-order valence-corrected chi connectivity index (χ3v) is 5.63. The molecule has 1 heterocycles. The molecule has 0 aliphatic rings. The molecular formula is C23H27N3O3S. The number of nitrogens with two attached hydrogens (primary N) is 1. The van der Waals surface area contributed by atoms with Gasteiger partial charge in [-0.3, -0.25) is 0 Å². The lowest BCUT2D eigenvalue weighted by atomic mass is 9.93. The fourth-order valence-electron chi connectivity index (χ4n) is 3.28. The zero-order chi connectivity index (χ0) is 21.2. The molecule has 1 aromatic heterocycles. The normalized spacial score (nSPS) is 13.9. The number of carbonyl (C=O) groups excluding carboxylic acids is 1. The van der Waals surface area contributed by atoms with Crippen molar-refractivity contribution in [2.24, 2.45) is 5.73 Å². The molecule has 0 aliphatic carbocycles. The number of aliphatic hydroxyl groups excluding tert-OH is 1. The lowest BCUT2D eigenvalue weighted by Gasteiger charge is -2.29. The van der Waals surface area contributed by atoms with Crippen LogP contribution in [0.4, 0.5) is 4.79 Å². The number of aryl methyl sites for hydroxylation is 1. The molecule has 7 heteroatoms. The minimum Gasteiger partial charge on any atom is -0.444 e. The summed E-state index contributed by atoms with van der Waals surface area (Å²) in [6.07, 6.45) is 2.38. The summed E-state index contributed by atoms with van der Waals surface area (Å²) < 4.78 is 9.27. The zero-order valence-corrected chi connectivity index (χ0v) is 17.5. The van der Waals surface area contributed by atoms with Crippen LogP contribution in [0, 0.1) is 0 Å². The predicted octanol–water partition coefficient (Wildman–Crippen LogP) is 3.82. The molecule has 4 N–H and O–H groups in total. The SMILES string of the molecule is NC(c1ccccc1)C(NC(=O)OCc1ccns1)C(O)CCCc1ccccc1. The minimum atomic E-state index is -0.806. The van der Waals surface area contributed by atoms with E-state index in [1.165, 1.54) is 17.1 Å². The van der Waals surface area contributed by atoms with E-state index in [1.807, 2.05) is 48.5 Å². The van der Waals surface area contributed by atoms with Gasteiger partial charge in [-0.2, -0.15) is 0 Å². The highest BCUT2D eigenvalue weighted by molar-refractivity contribution is 7.05. The Morgan fingerprint density at radius 1 is 1.10 bits per heavy atom. The van der Waals surface area contributed by atoms with Gasteiger partial charge in [-0.25, -0.2) is 9.17 Å². The molecule has 1 amide bonds. The van der Waals surface area contributed by atoms with Crippen LogP contribution in [0.1, 0.15) is 34.9 Å². The molecule has 6 nitrogen and oxygen atoms in total. The van der Waals surface area contributed by atoms with Crippen LogP contribution in [0.2, 0.25) is 0 Å². The topological polar surface area (TPSA) is 97.5 Å². The number of ether oxygens (including phenoxy) is 1. The molecule has 3 aromatic rings. The fraction of sp³-hybridized carbons (Fsp3) is 0.304. The van der Waals surface area contributed by atoms with Crippen LogP contribution in [-0.4, -0.2) is 27.7 Å². The maximum Gasteiger partial charge on any atom is 0.407 e. The number of aliphatic hydroxyl groups is 1. The van der Waals surface area contributed by atoms with Crippen LogP contribution in [-0.2, 0) is 17.8 Å². The Morgan fingerprint density at radius 2 is 1.80 bits per heavy atom. The number of nitrogens with one attached hydrogen (secondary N) is 1. The van der Waals surface area contributed by atoms with E-state index in [9.17, 15) is 9.90 Å². The lowest BCUT2D eigenvalue weighted by Crippen LogP contribution is -2.50. The number of amides is 1. The van der Waals surface area contributed by atoms with Crippen molar-refractivity contribution in [1.82, 2.24) is 9.69 Å². The fourth-order valence-corrected chi connectivity index (χ4v) is 3.77. The second kappa shape index (κ2) is 11.4. The number of hydrogen-bond acceptors (Lipinski definition) is 6. The Kier molecular flexibility index (Phi) is 8.38. The monoisotopic (exact) mass is 425 g/mol. The number of alkyl carbamates (subject to hydrolysis) is 1. The summed E-state index contributed by atoms with van der Waals surface area (Å²) in [6, 6.07) is 20.1. The number of benzene rings is 2. The minimum absolute atomic E-state index is 0.133. The molecule has 0 saturated carbocycles. The first kappa shape index (κ1) is 22.0. The average Bonchev–Trinajstić information content (AvgIpc) is 3.30. The van der Waals surface area contributed by atoms with E-state index in [2.05, 4.69) is 21.8 Å². The summed E-state index contributed by atoms with van der Waals surface area (Å²) in [5.74, 6) is 0. The van der Waals surface area contributed by atoms with Crippen LogP contribution in [0.5, 0.6) is 0 Å². The van der Waals surface area contributed by atoms with Crippen molar-refractivity contribution in [3.05, 3.63) is 88.9 Å². The Balaban J connectivity index is 1.61. The molecule has 0 fully saturated rings. The first-order chi connectivity index (χ1) is 14.6. The first-order valence-corrected chi connectivity index (χ1v) is 10.8. The Labute approximate surface area is 180 Å². The quantitative estimate of drug-likeness (QED) is 0.459. The number of aromatic nitrogens is 1. The molecule has 0 saturated heterocycles. The maximum absolute atomic E-state index is 12.4. The van der Waals surface area contributed by atoms with Crippen molar-refractivity contribution in [2.75, 3.05) is 0 Å². The van der Waals surface area contributed by atoms with Gasteiger partial charge in [-0.15, -0.1) is 0 Å². The molecule has 2 aromatic carbocycles. The van der Waals surface area contributed by atoms with Crippen molar-refractivity contribution >= 4 is 17.6 Å². The van der Waals surface area contributed by atoms with Gasteiger partial charge in [0.15, 0.2) is 0 Å². The highest BCUT2D eigenvalue weighted by Crippen LogP contribution is 2.20. The molecule has 0 aliphatic heterocycles. The number of nitrogens with zero attached hydrogens (tertiary/aromatic N) is 1. The number of carbonyl (C=O) groups is 1. The zero-order valence-electron chi connectivity index (χ0n) is 16.7. The van der Waals surface area contributed by atoms with Gasteiger partial charge in [0.2, 0.25) is 0 Å². The van der Waals surface area contributed by atoms with Crippen molar-refractivity contribution < 1.29 is 14.6 Å². The highest BCUT2D eigenvalue weighted by atomic mass is 32.1. The predicted molar refractivity (Wildman–Crippen MR) is 118 cm³/mol. The van der Waals surface area contributed by atoms with E-state index >= 15 is 0 Å². The number of hydrogen-bond donors (Lipinski definition) is 3. The molecule has 158 valence electrons. The maximum atomic E-state index is 12.4. The Bertz CT molecular complexity index is 875. The van der Waals surface area contributed by atoms with Crippen molar-refractivity contribution in [3.8, 4) is 0 Å². The highest BCUT2D eigenvalue weighted by Gasteiger charge is 2.29. The summed E-state index contributed by atoms with van der Waals surface area (Å²) in [7, 11) is 0. The first-order valence-electron chi connectivity index (χ1n) is 9.99. The largest absolute Gasteiger partial charge is 0.444 e. The average molecular weight is 426 g/mol. The summed E-state index contributed by atoms with van der Waals surface area (Å²) >= 11 is 1.27. The summed E-state index contributed by atoms with van der Waals surface area (Å²) in [5, 5.41) is 13.6. The second-order valence-electron chi connectivity index (χ2n) is 7.11. The summed E-state index contributed by atoms with van der Waals surface area (Å²) in [5.41, 5.74) is 8.48. The van der Waals surface area contributed by atoms with Gasteiger partial charge in [0.05, 0.1) is 23.1 Å². The Morgan fingerprint density at radius 3 is 2.47 bits per heavy atom. The van der Waals surface area contributed by atoms with E-state index in [4.69, 9.17) is 10.5 Å². The van der Waals surface area contributed by atoms with E-state index in [1.54, 1.807) is 12.3 Å². The second-order valence-corrected chi connectivity index (χ2v) is 8.02. The Hall–Kier alpha value is -2.74. The van der Waals surface area contributed by atoms with Gasteiger partial charge in [0, 0.05) is 6.20 Å².